The molecule has 5 N–H and O–H groups in total. The maximum absolute atomic E-state index is 11.8. The predicted molar refractivity (Wildman–Crippen MR) is 79.9 cm³/mol. The number of phenolic OH excluding ortho intramolecular Hbond substituents is 3. The van der Waals surface area contributed by atoms with Crippen molar-refractivity contribution in [3.63, 3.8) is 0 Å². The molecule has 0 aliphatic heterocycles. The minimum absolute atomic E-state index is 0.0426. The van der Waals surface area contributed by atoms with Gasteiger partial charge >= 0.3 is 5.97 Å². The van der Waals surface area contributed by atoms with Gasteiger partial charge in [0, 0.05) is 11.1 Å². The molecule has 0 saturated heterocycles. The Morgan fingerprint density at radius 2 is 1.57 bits per heavy atom. The number of amides is 1. The maximum atomic E-state index is 11.8. The highest BCUT2D eigenvalue weighted by Gasteiger charge is 2.09. The molecule has 0 aromatic heterocycles. The van der Waals surface area contributed by atoms with E-state index < -0.39 is 17.6 Å². The van der Waals surface area contributed by atoms with Crippen LogP contribution in [-0.4, -0.2) is 38.5 Å². The van der Waals surface area contributed by atoms with Gasteiger partial charge in [0.15, 0.2) is 11.5 Å². The van der Waals surface area contributed by atoms with Crippen molar-refractivity contribution < 1.29 is 30.0 Å². The molecule has 23 heavy (non-hydrogen) atoms. The maximum Gasteiger partial charge on any atom is 0.335 e. The molecule has 0 atom stereocenters. The van der Waals surface area contributed by atoms with Crippen LogP contribution in [-0.2, 0) is 0 Å². The first kappa shape index (κ1) is 15.8. The van der Waals surface area contributed by atoms with E-state index in [9.17, 15) is 19.8 Å². The number of carboxylic acids is 1. The van der Waals surface area contributed by atoms with E-state index in [1.165, 1.54) is 24.3 Å². The number of carbonyl (C=O) groups is 2. The fourth-order valence-corrected chi connectivity index (χ4v) is 1.68. The summed E-state index contributed by atoms with van der Waals surface area (Å²) in [4.78, 5) is 22.6. The molecular formula is C15H12N2O6. The lowest BCUT2D eigenvalue weighted by atomic mass is 10.1. The summed E-state index contributed by atoms with van der Waals surface area (Å²) in [5.74, 6) is -2.84. The van der Waals surface area contributed by atoms with Gasteiger partial charge in [0.25, 0.3) is 5.91 Å². The van der Waals surface area contributed by atoms with Crippen LogP contribution in [0, 0.1) is 0 Å². The van der Waals surface area contributed by atoms with Gasteiger partial charge in [0.1, 0.15) is 5.75 Å². The second-order valence-electron chi connectivity index (χ2n) is 4.48. The summed E-state index contributed by atoms with van der Waals surface area (Å²) >= 11 is 0. The number of phenols is 3. The van der Waals surface area contributed by atoms with Crippen LogP contribution in [0.5, 0.6) is 17.2 Å². The van der Waals surface area contributed by atoms with Gasteiger partial charge in [0.05, 0.1) is 11.8 Å². The Bertz CT molecular complexity index is 801. The standard InChI is InChI=1S/C15H12N2O6/c18-11-3-2-9(15(22)23)5-10(11)7-16-17-14(21)8-1-4-12(19)13(20)6-8/h1-7,18-20H,(H,17,21)(H,22,23). The largest absolute Gasteiger partial charge is 0.507 e. The Morgan fingerprint density at radius 1 is 0.913 bits per heavy atom. The van der Waals surface area contributed by atoms with Crippen LogP contribution >= 0.6 is 0 Å². The van der Waals surface area contributed by atoms with E-state index in [4.69, 9.17) is 10.2 Å². The molecule has 0 saturated carbocycles. The van der Waals surface area contributed by atoms with E-state index >= 15 is 0 Å². The van der Waals surface area contributed by atoms with Crippen LogP contribution in [0.15, 0.2) is 41.5 Å². The third-order valence-electron chi connectivity index (χ3n) is 2.88. The van der Waals surface area contributed by atoms with Gasteiger partial charge in [-0.2, -0.15) is 5.10 Å². The van der Waals surface area contributed by atoms with Gasteiger partial charge in [-0.25, -0.2) is 10.2 Å². The molecule has 0 bridgehead atoms. The molecule has 8 nitrogen and oxygen atoms in total. The first-order valence-electron chi connectivity index (χ1n) is 6.30. The van der Waals surface area contributed by atoms with Crippen molar-refractivity contribution in [2.24, 2.45) is 5.10 Å². The van der Waals surface area contributed by atoms with Crippen molar-refractivity contribution >= 4 is 18.1 Å². The van der Waals surface area contributed by atoms with E-state index in [0.29, 0.717) is 0 Å². The van der Waals surface area contributed by atoms with E-state index in [1.54, 1.807) is 0 Å². The van der Waals surface area contributed by atoms with Crippen molar-refractivity contribution in [2.45, 2.75) is 0 Å². The van der Waals surface area contributed by atoms with Crippen molar-refractivity contribution in [3.8, 4) is 17.2 Å². The van der Waals surface area contributed by atoms with E-state index in [-0.39, 0.29) is 28.2 Å². The molecule has 1 amide bonds. The molecule has 2 rings (SSSR count). The summed E-state index contributed by atoms with van der Waals surface area (Å²) in [6.07, 6.45) is 1.08. The highest BCUT2D eigenvalue weighted by Crippen LogP contribution is 2.24. The van der Waals surface area contributed by atoms with Gasteiger partial charge in [-0.15, -0.1) is 0 Å². The summed E-state index contributed by atoms with van der Waals surface area (Å²) in [7, 11) is 0. The number of hydrazone groups is 1. The molecule has 0 unspecified atom stereocenters. The Hall–Kier alpha value is -3.55. The number of carbonyl (C=O) groups excluding carboxylic acids is 1. The van der Waals surface area contributed by atoms with Crippen molar-refractivity contribution in [2.75, 3.05) is 0 Å². The first-order valence-corrected chi connectivity index (χ1v) is 6.30. The molecule has 0 fully saturated rings. The lowest BCUT2D eigenvalue weighted by Crippen LogP contribution is -2.17. The zero-order chi connectivity index (χ0) is 17.0. The Balaban J connectivity index is 2.12. The fourth-order valence-electron chi connectivity index (χ4n) is 1.68. The second kappa shape index (κ2) is 6.48. The van der Waals surface area contributed by atoms with Crippen LogP contribution in [0.3, 0.4) is 0 Å². The SMILES string of the molecule is O=C(O)c1ccc(O)c(C=NNC(=O)c2ccc(O)c(O)c2)c1. The number of carboxylic acid groups (broad SMARTS) is 1. The highest BCUT2D eigenvalue weighted by molar-refractivity contribution is 5.96. The normalized spacial score (nSPS) is 10.6. The number of hydrogen-bond acceptors (Lipinski definition) is 6. The number of nitrogens with zero attached hydrogens (tertiary/aromatic N) is 1. The highest BCUT2D eigenvalue weighted by atomic mass is 16.4. The smallest absolute Gasteiger partial charge is 0.335 e. The molecule has 2 aromatic rings. The molecular weight excluding hydrogens is 304 g/mol. The van der Waals surface area contributed by atoms with Gasteiger partial charge in [-0.3, -0.25) is 4.79 Å². The monoisotopic (exact) mass is 316 g/mol. The summed E-state index contributed by atoms with van der Waals surface area (Å²) in [6, 6.07) is 7.11. The lowest BCUT2D eigenvalue weighted by molar-refractivity contribution is 0.0696. The molecule has 2 aromatic carbocycles. The van der Waals surface area contributed by atoms with Crippen LogP contribution in [0.2, 0.25) is 0 Å². The van der Waals surface area contributed by atoms with Gasteiger partial charge < -0.3 is 20.4 Å². The van der Waals surface area contributed by atoms with Gasteiger partial charge in [0.2, 0.25) is 0 Å². The third kappa shape index (κ3) is 3.76. The van der Waals surface area contributed by atoms with E-state index in [2.05, 4.69) is 10.5 Å². The molecule has 0 aliphatic rings. The lowest BCUT2D eigenvalue weighted by Gasteiger charge is -2.03. The van der Waals surface area contributed by atoms with Crippen molar-refractivity contribution in [3.05, 3.63) is 53.1 Å². The topological polar surface area (TPSA) is 139 Å². The minimum Gasteiger partial charge on any atom is -0.507 e. The van der Waals surface area contributed by atoms with E-state index in [0.717, 1.165) is 18.3 Å². The van der Waals surface area contributed by atoms with Crippen molar-refractivity contribution in [1.82, 2.24) is 5.43 Å². The second-order valence-corrected chi connectivity index (χ2v) is 4.48. The van der Waals surface area contributed by atoms with Gasteiger partial charge in [-0.05, 0) is 36.4 Å². The summed E-state index contributed by atoms with van der Waals surface area (Å²) in [5.41, 5.74) is 2.27. The zero-order valence-corrected chi connectivity index (χ0v) is 11.6. The Morgan fingerprint density at radius 3 is 2.22 bits per heavy atom. The average molecular weight is 316 g/mol. The minimum atomic E-state index is -1.16. The Kier molecular flexibility index (Phi) is 4.46. The summed E-state index contributed by atoms with van der Waals surface area (Å²) < 4.78 is 0. The molecule has 0 radical (unpaired) electrons. The van der Waals surface area contributed by atoms with Gasteiger partial charge in [-0.1, -0.05) is 0 Å². The van der Waals surface area contributed by atoms with Crippen molar-refractivity contribution in [1.29, 1.82) is 0 Å². The predicted octanol–water partition coefficient (Wildman–Crippen LogP) is 1.27. The van der Waals surface area contributed by atoms with Crippen LogP contribution in [0.1, 0.15) is 26.3 Å². The molecule has 0 aliphatic carbocycles. The average Bonchev–Trinajstić information content (AvgIpc) is 2.51. The van der Waals surface area contributed by atoms with E-state index in [1.807, 2.05) is 0 Å². The number of aromatic carboxylic acids is 1. The number of benzene rings is 2. The summed E-state index contributed by atoms with van der Waals surface area (Å²) in [5, 5.41) is 40.6. The summed E-state index contributed by atoms with van der Waals surface area (Å²) in [6.45, 7) is 0. The number of nitrogens with one attached hydrogen (secondary N) is 1. The number of rotatable bonds is 4. The molecule has 0 spiro atoms. The zero-order valence-electron chi connectivity index (χ0n) is 11.6. The third-order valence-corrected chi connectivity index (χ3v) is 2.88. The molecule has 118 valence electrons. The quantitative estimate of drug-likeness (QED) is 0.327. The number of aromatic hydroxyl groups is 3. The molecule has 0 heterocycles. The first-order chi connectivity index (χ1) is 10.9. The number of hydrogen-bond donors (Lipinski definition) is 5. The van der Waals surface area contributed by atoms with Crippen LogP contribution < -0.4 is 5.43 Å². The molecule has 8 heteroatoms. The van der Waals surface area contributed by atoms with Crippen LogP contribution in [0.25, 0.3) is 0 Å². The van der Waals surface area contributed by atoms with Crippen LogP contribution in [0.4, 0.5) is 0 Å². The Labute approximate surface area is 129 Å². The fraction of sp³-hybridized carbons (Fsp3) is 0.